The minimum absolute atomic E-state index is 0.0566. The van der Waals surface area contributed by atoms with E-state index in [0.29, 0.717) is 11.3 Å². The van der Waals surface area contributed by atoms with Gasteiger partial charge in [0.25, 0.3) is 5.91 Å². The molecule has 0 bridgehead atoms. The SMILES string of the molecule is CCS(=O)(=O)CCNC(=O)c1ccccc1OCc1cn2cccc(C)c2n1. The minimum atomic E-state index is -3.13. The Kier molecular flexibility index (Phi) is 5.99. The Morgan fingerprint density at radius 3 is 2.75 bits per heavy atom. The van der Waals surface area contributed by atoms with Gasteiger partial charge in [-0.1, -0.05) is 25.1 Å². The number of nitrogens with one attached hydrogen (secondary N) is 1. The number of fused-ring (bicyclic) bond motifs is 1. The lowest BCUT2D eigenvalue weighted by Crippen LogP contribution is -2.29. The molecule has 0 unspecified atom stereocenters. The quantitative estimate of drug-likeness (QED) is 0.626. The molecular weight excluding hydrogens is 378 g/mol. The summed E-state index contributed by atoms with van der Waals surface area (Å²) in [6.07, 6.45) is 3.81. The maximum Gasteiger partial charge on any atom is 0.255 e. The standard InChI is InChI=1S/C20H23N3O4S/c1-3-28(25,26)12-10-21-20(24)17-8-4-5-9-18(17)27-14-16-13-23-11-6-7-15(2)19(23)22-16/h4-9,11,13H,3,10,12,14H2,1-2H3,(H,21,24). The Morgan fingerprint density at radius 2 is 2.00 bits per heavy atom. The normalized spacial score (nSPS) is 11.5. The molecule has 0 aliphatic heterocycles. The largest absolute Gasteiger partial charge is 0.486 e. The molecule has 148 valence electrons. The van der Waals surface area contributed by atoms with Crippen molar-refractivity contribution in [3.05, 3.63) is 65.6 Å². The fraction of sp³-hybridized carbons (Fsp3) is 0.300. The number of carbonyl (C=O) groups excluding carboxylic acids is 1. The van der Waals surface area contributed by atoms with Gasteiger partial charge >= 0.3 is 0 Å². The van der Waals surface area contributed by atoms with Crippen molar-refractivity contribution in [2.45, 2.75) is 20.5 Å². The maximum absolute atomic E-state index is 12.4. The van der Waals surface area contributed by atoms with Crippen LogP contribution in [0.2, 0.25) is 0 Å². The van der Waals surface area contributed by atoms with Crippen LogP contribution >= 0.6 is 0 Å². The second-order valence-corrected chi connectivity index (χ2v) is 8.90. The van der Waals surface area contributed by atoms with Gasteiger partial charge in [0.05, 0.1) is 17.0 Å². The van der Waals surface area contributed by atoms with Crippen molar-refractivity contribution in [2.75, 3.05) is 18.1 Å². The summed E-state index contributed by atoms with van der Waals surface area (Å²) in [4.78, 5) is 17.0. The highest BCUT2D eigenvalue weighted by atomic mass is 32.2. The molecule has 8 heteroatoms. The van der Waals surface area contributed by atoms with Crippen LogP contribution in [-0.4, -0.2) is 41.8 Å². The van der Waals surface area contributed by atoms with Gasteiger partial charge in [0, 0.05) is 24.7 Å². The fourth-order valence-corrected chi connectivity index (χ4v) is 3.47. The molecular formula is C20H23N3O4S. The summed E-state index contributed by atoms with van der Waals surface area (Å²) in [6, 6.07) is 10.8. The first kappa shape index (κ1) is 19.9. The molecule has 7 nitrogen and oxygen atoms in total. The van der Waals surface area contributed by atoms with Crippen LogP contribution in [-0.2, 0) is 16.4 Å². The third-order valence-corrected chi connectivity index (χ3v) is 6.08. The number of pyridine rings is 1. The van der Waals surface area contributed by atoms with Crippen LogP contribution in [0.15, 0.2) is 48.8 Å². The number of nitrogens with zero attached hydrogens (tertiary/aromatic N) is 2. The highest BCUT2D eigenvalue weighted by Crippen LogP contribution is 2.20. The van der Waals surface area contributed by atoms with Crippen molar-refractivity contribution in [3.63, 3.8) is 0 Å². The number of hydrogen-bond acceptors (Lipinski definition) is 5. The minimum Gasteiger partial charge on any atom is -0.486 e. The number of imidazole rings is 1. The zero-order valence-corrected chi connectivity index (χ0v) is 16.7. The summed E-state index contributed by atoms with van der Waals surface area (Å²) < 4.78 is 30.9. The van der Waals surface area contributed by atoms with Crippen molar-refractivity contribution < 1.29 is 17.9 Å². The molecule has 0 radical (unpaired) electrons. The topological polar surface area (TPSA) is 89.8 Å². The van der Waals surface area contributed by atoms with Crippen molar-refractivity contribution in [2.24, 2.45) is 0 Å². The van der Waals surface area contributed by atoms with Crippen LogP contribution in [0.3, 0.4) is 0 Å². The summed E-state index contributed by atoms with van der Waals surface area (Å²) >= 11 is 0. The number of hydrogen-bond donors (Lipinski definition) is 1. The lowest BCUT2D eigenvalue weighted by molar-refractivity contribution is 0.0951. The third kappa shape index (κ3) is 4.69. The zero-order valence-electron chi connectivity index (χ0n) is 15.9. The van der Waals surface area contributed by atoms with Crippen LogP contribution in [0.5, 0.6) is 5.75 Å². The van der Waals surface area contributed by atoms with Gasteiger partial charge in [-0.05, 0) is 30.7 Å². The van der Waals surface area contributed by atoms with Gasteiger partial charge in [0.1, 0.15) is 18.0 Å². The van der Waals surface area contributed by atoms with E-state index < -0.39 is 9.84 Å². The molecule has 0 aliphatic carbocycles. The van der Waals surface area contributed by atoms with E-state index in [9.17, 15) is 13.2 Å². The second-order valence-electron chi connectivity index (χ2n) is 6.43. The van der Waals surface area contributed by atoms with E-state index in [1.165, 1.54) is 0 Å². The lowest BCUT2D eigenvalue weighted by Gasteiger charge is -2.11. The number of aromatic nitrogens is 2. The van der Waals surface area contributed by atoms with E-state index in [0.717, 1.165) is 16.9 Å². The highest BCUT2D eigenvalue weighted by molar-refractivity contribution is 7.91. The molecule has 2 aromatic heterocycles. The van der Waals surface area contributed by atoms with Gasteiger partial charge in [0.15, 0.2) is 9.84 Å². The number of rotatable bonds is 8. The monoisotopic (exact) mass is 401 g/mol. The molecule has 0 saturated heterocycles. The first-order valence-corrected chi connectivity index (χ1v) is 10.9. The van der Waals surface area contributed by atoms with Gasteiger partial charge in [-0.25, -0.2) is 13.4 Å². The van der Waals surface area contributed by atoms with E-state index in [2.05, 4.69) is 10.3 Å². The number of carbonyl (C=O) groups is 1. The molecule has 0 atom stereocenters. The summed E-state index contributed by atoms with van der Waals surface area (Å²) in [5.74, 6) is 0.0276. The first-order chi connectivity index (χ1) is 13.4. The molecule has 0 aliphatic rings. The lowest BCUT2D eigenvalue weighted by atomic mass is 10.2. The predicted molar refractivity (Wildman–Crippen MR) is 107 cm³/mol. The maximum atomic E-state index is 12.4. The molecule has 0 spiro atoms. The number of aryl methyl sites for hydroxylation is 1. The number of amides is 1. The zero-order chi connectivity index (χ0) is 20.1. The molecule has 2 heterocycles. The Hall–Kier alpha value is -2.87. The van der Waals surface area contributed by atoms with Crippen molar-refractivity contribution >= 4 is 21.4 Å². The molecule has 1 aromatic carbocycles. The molecule has 1 N–H and O–H groups in total. The first-order valence-electron chi connectivity index (χ1n) is 9.03. The van der Waals surface area contributed by atoms with Gasteiger partial charge in [-0.2, -0.15) is 0 Å². The molecule has 28 heavy (non-hydrogen) atoms. The van der Waals surface area contributed by atoms with Gasteiger partial charge in [-0.3, -0.25) is 4.79 Å². The van der Waals surface area contributed by atoms with Crippen LogP contribution in [0.25, 0.3) is 5.65 Å². The molecule has 0 fully saturated rings. The Bertz CT molecular complexity index is 1090. The number of ether oxygens (including phenoxy) is 1. The number of sulfone groups is 1. The third-order valence-electron chi connectivity index (χ3n) is 4.37. The van der Waals surface area contributed by atoms with Gasteiger partial charge in [-0.15, -0.1) is 0 Å². The van der Waals surface area contributed by atoms with Crippen LogP contribution in [0, 0.1) is 6.92 Å². The summed E-state index contributed by atoms with van der Waals surface area (Å²) in [6.45, 7) is 3.86. The van der Waals surface area contributed by atoms with E-state index in [4.69, 9.17) is 4.74 Å². The Labute approximate surface area is 164 Å². The summed E-state index contributed by atoms with van der Waals surface area (Å²) in [5, 5.41) is 2.64. The van der Waals surface area contributed by atoms with Gasteiger partial charge < -0.3 is 14.5 Å². The van der Waals surface area contributed by atoms with E-state index in [-0.39, 0.29) is 30.6 Å². The van der Waals surface area contributed by atoms with Crippen LogP contribution in [0.4, 0.5) is 0 Å². The van der Waals surface area contributed by atoms with Crippen LogP contribution < -0.4 is 10.1 Å². The molecule has 3 rings (SSSR count). The second kappa shape index (κ2) is 8.43. The van der Waals surface area contributed by atoms with E-state index >= 15 is 0 Å². The molecule has 3 aromatic rings. The number of para-hydroxylation sites is 1. The van der Waals surface area contributed by atoms with Gasteiger partial charge in [0.2, 0.25) is 0 Å². The summed E-state index contributed by atoms with van der Waals surface area (Å²) in [7, 11) is -3.13. The van der Waals surface area contributed by atoms with Crippen molar-refractivity contribution in [1.29, 1.82) is 0 Å². The Balaban J connectivity index is 1.67. The fourth-order valence-electron chi connectivity index (χ4n) is 2.77. The van der Waals surface area contributed by atoms with Crippen LogP contribution in [0.1, 0.15) is 28.5 Å². The van der Waals surface area contributed by atoms with E-state index in [1.807, 2.05) is 35.9 Å². The average Bonchev–Trinajstić information content (AvgIpc) is 3.11. The Morgan fingerprint density at radius 1 is 1.21 bits per heavy atom. The smallest absolute Gasteiger partial charge is 0.255 e. The summed E-state index contributed by atoms with van der Waals surface area (Å²) in [5.41, 5.74) is 3.04. The highest BCUT2D eigenvalue weighted by Gasteiger charge is 2.14. The number of benzene rings is 1. The van der Waals surface area contributed by atoms with E-state index in [1.54, 1.807) is 31.2 Å². The predicted octanol–water partition coefficient (Wildman–Crippen LogP) is 2.39. The van der Waals surface area contributed by atoms with Crippen molar-refractivity contribution in [1.82, 2.24) is 14.7 Å². The van der Waals surface area contributed by atoms with Crippen molar-refractivity contribution in [3.8, 4) is 5.75 Å². The molecule has 0 saturated carbocycles. The molecule has 1 amide bonds. The average molecular weight is 401 g/mol.